The van der Waals surface area contributed by atoms with Crippen LogP contribution in [0.2, 0.25) is 0 Å². The summed E-state index contributed by atoms with van der Waals surface area (Å²) in [4.78, 5) is 2.24. The second kappa shape index (κ2) is 6.78. The van der Waals surface area contributed by atoms with Crippen molar-refractivity contribution in [1.82, 2.24) is 4.90 Å². The van der Waals surface area contributed by atoms with Crippen LogP contribution < -0.4 is 10.5 Å². The molecule has 0 saturated heterocycles. The van der Waals surface area contributed by atoms with Crippen LogP contribution in [0.4, 0.5) is 5.69 Å². The van der Waals surface area contributed by atoms with E-state index in [-0.39, 0.29) is 0 Å². The van der Waals surface area contributed by atoms with Crippen LogP contribution in [0.25, 0.3) is 0 Å². The third-order valence-electron chi connectivity index (χ3n) is 3.41. The summed E-state index contributed by atoms with van der Waals surface area (Å²) in [7, 11) is 3.73. The molecule has 1 aliphatic rings. The minimum absolute atomic E-state index is 0.693. The predicted octanol–water partition coefficient (Wildman–Crippen LogP) is 2.14. The Labute approximate surface area is 115 Å². The molecule has 4 nitrogen and oxygen atoms in total. The first-order valence-corrected chi connectivity index (χ1v) is 6.87. The number of nitrogens with two attached hydrogens (primary N) is 1. The minimum Gasteiger partial charge on any atom is -0.495 e. The van der Waals surface area contributed by atoms with Gasteiger partial charge in [0.1, 0.15) is 5.75 Å². The van der Waals surface area contributed by atoms with Crippen molar-refractivity contribution in [2.45, 2.75) is 19.4 Å². The average molecular weight is 264 g/mol. The van der Waals surface area contributed by atoms with Crippen molar-refractivity contribution in [3.63, 3.8) is 0 Å². The molecule has 1 fully saturated rings. The van der Waals surface area contributed by atoms with E-state index < -0.39 is 0 Å². The van der Waals surface area contributed by atoms with Gasteiger partial charge in [0.15, 0.2) is 0 Å². The van der Waals surface area contributed by atoms with Gasteiger partial charge in [-0.3, -0.25) is 4.90 Å². The van der Waals surface area contributed by atoms with Gasteiger partial charge in [-0.15, -0.1) is 0 Å². The summed E-state index contributed by atoms with van der Waals surface area (Å²) >= 11 is 0. The van der Waals surface area contributed by atoms with Crippen molar-refractivity contribution in [2.75, 3.05) is 39.6 Å². The predicted molar refractivity (Wildman–Crippen MR) is 77.3 cm³/mol. The maximum absolute atomic E-state index is 5.90. The van der Waals surface area contributed by atoms with Gasteiger partial charge in [0.2, 0.25) is 0 Å². The number of rotatable bonds is 8. The monoisotopic (exact) mass is 264 g/mol. The van der Waals surface area contributed by atoms with Crippen LogP contribution in [0.5, 0.6) is 5.75 Å². The molecule has 1 aromatic rings. The third-order valence-corrected chi connectivity index (χ3v) is 3.41. The van der Waals surface area contributed by atoms with Gasteiger partial charge in [-0.1, -0.05) is 6.07 Å². The van der Waals surface area contributed by atoms with Crippen LogP contribution in [-0.4, -0.2) is 38.8 Å². The number of ether oxygens (including phenoxy) is 2. The van der Waals surface area contributed by atoms with Crippen molar-refractivity contribution in [3.05, 3.63) is 23.8 Å². The number of methoxy groups -OCH3 is 1. The van der Waals surface area contributed by atoms with Crippen molar-refractivity contribution < 1.29 is 9.47 Å². The molecule has 0 amide bonds. The molecule has 0 radical (unpaired) electrons. The zero-order valence-electron chi connectivity index (χ0n) is 11.9. The lowest BCUT2D eigenvalue weighted by molar-refractivity contribution is 0.102. The third kappa shape index (κ3) is 4.73. The number of hydrogen-bond donors (Lipinski definition) is 1. The number of anilines is 1. The number of nitrogen functional groups attached to an aromatic ring is 1. The van der Waals surface area contributed by atoms with Gasteiger partial charge in [-0.2, -0.15) is 0 Å². The number of benzene rings is 1. The normalized spacial score (nSPS) is 14.9. The van der Waals surface area contributed by atoms with Crippen LogP contribution in [0, 0.1) is 5.92 Å². The summed E-state index contributed by atoms with van der Waals surface area (Å²) in [5, 5.41) is 0. The molecular formula is C15H24N2O2. The Bertz CT molecular complexity index is 405. The topological polar surface area (TPSA) is 47.7 Å². The second-order valence-electron chi connectivity index (χ2n) is 5.33. The lowest BCUT2D eigenvalue weighted by atomic mass is 10.2. The first kappa shape index (κ1) is 14.2. The lowest BCUT2D eigenvalue weighted by Gasteiger charge is -2.17. The smallest absolute Gasteiger partial charge is 0.141 e. The molecule has 106 valence electrons. The summed E-state index contributed by atoms with van der Waals surface area (Å²) in [5.74, 6) is 1.57. The summed E-state index contributed by atoms with van der Waals surface area (Å²) in [6.45, 7) is 3.56. The maximum Gasteiger partial charge on any atom is 0.141 e. The van der Waals surface area contributed by atoms with Gasteiger partial charge < -0.3 is 15.2 Å². The van der Waals surface area contributed by atoms with Crippen LogP contribution in [-0.2, 0) is 11.3 Å². The van der Waals surface area contributed by atoms with Crippen LogP contribution in [0.15, 0.2) is 18.2 Å². The van der Waals surface area contributed by atoms with Gasteiger partial charge in [0.25, 0.3) is 0 Å². The Balaban J connectivity index is 1.71. The van der Waals surface area contributed by atoms with Crippen molar-refractivity contribution >= 4 is 5.69 Å². The van der Waals surface area contributed by atoms with E-state index in [0.717, 1.165) is 38.0 Å². The zero-order chi connectivity index (χ0) is 13.7. The summed E-state index contributed by atoms with van der Waals surface area (Å²) in [5.41, 5.74) is 7.79. The first-order chi connectivity index (χ1) is 9.19. The summed E-state index contributed by atoms with van der Waals surface area (Å²) in [6, 6.07) is 5.94. The summed E-state index contributed by atoms with van der Waals surface area (Å²) < 4.78 is 10.8. The molecule has 0 bridgehead atoms. The molecule has 1 aromatic carbocycles. The van der Waals surface area contributed by atoms with Gasteiger partial charge >= 0.3 is 0 Å². The quantitative estimate of drug-likeness (QED) is 0.577. The zero-order valence-corrected chi connectivity index (χ0v) is 11.9. The molecule has 0 aliphatic heterocycles. The second-order valence-corrected chi connectivity index (χ2v) is 5.33. The highest BCUT2D eigenvalue weighted by molar-refractivity contribution is 5.54. The van der Waals surface area contributed by atoms with Crippen molar-refractivity contribution in [3.8, 4) is 5.75 Å². The molecule has 2 N–H and O–H groups in total. The Morgan fingerprint density at radius 2 is 2.16 bits per heavy atom. The molecule has 1 aliphatic carbocycles. The van der Waals surface area contributed by atoms with Crippen LogP contribution in [0.1, 0.15) is 18.4 Å². The van der Waals surface area contributed by atoms with E-state index in [9.17, 15) is 0 Å². The van der Waals surface area contributed by atoms with E-state index >= 15 is 0 Å². The molecule has 0 aromatic heterocycles. The van der Waals surface area contributed by atoms with E-state index in [4.69, 9.17) is 15.2 Å². The fourth-order valence-corrected chi connectivity index (χ4v) is 2.03. The number of nitrogens with zero attached hydrogens (tertiary/aromatic N) is 1. The molecule has 0 heterocycles. The standard InChI is InChI=1S/C15H24N2O2/c1-17(7-8-19-11-12-3-4-12)10-13-5-6-15(18-2)14(16)9-13/h5-6,9,12H,3-4,7-8,10-11,16H2,1-2H3. The van der Waals surface area contributed by atoms with Crippen LogP contribution >= 0.6 is 0 Å². The highest BCUT2D eigenvalue weighted by atomic mass is 16.5. The molecule has 0 atom stereocenters. The van der Waals surface area contributed by atoms with Crippen LogP contribution in [0.3, 0.4) is 0 Å². The number of likely N-dealkylation sites (N-methyl/N-ethyl adjacent to an activating group) is 1. The molecule has 4 heteroatoms. The highest BCUT2D eigenvalue weighted by Crippen LogP contribution is 2.28. The molecule has 0 unspecified atom stereocenters. The maximum atomic E-state index is 5.90. The Morgan fingerprint density at radius 1 is 1.37 bits per heavy atom. The van der Waals surface area contributed by atoms with E-state index in [0.29, 0.717) is 5.69 Å². The Hall–Kier alpha value is -1.26. The molecule has 0 spiro atoms. The Kier molecular flexibility index (Phi) is 5.05. The molecule has 2 rings (SSSR count). The molecule has 19 heavy (non-hydrogen) atoms. The van der Waals surface area contributed by atoms with E-state index in [1.54, 1.807) is 7.11 Å². The number of hydrogen-bond acceptors (Lipinski definition) is 4. The first-order valence-electron chi connectivity index (χ1n) is 6.87. The largest absolute Gasteiger partial charge is 0.495 e. The van der Waals surface area contributed by atoms with E-state index in [1.807, 2.05) is 12.1 Å². The van der Waals surface area contributed by atoms with E-state index in [2.05, 4.69) is 18.0 Å². The van der Waals surface area contributed by atoms with E-state index in [1.165, 1.54) is 18.4 Å². The fourth-order valence-electron chi connectivity index (χ4n) is 2.03. The SMILES string of the molecule is COc1ccc(CN(C)CCOCC2CC2)cc1N. The van der Waals surface area contributed by atoms with Crippen molar-refractivity contribution in [2.24, 2.45) is 5.92 Å². The highest BCUT2D eigenvalue weighted by Gasteiger charge is 2.20. The Morgan fingerprint density at radius 3 is 2.79 bits per heavy atom. The molecular weight excluding hydrogens is 240 g/mol. The minimum atomic E-state index is 0.693. The van der Waals surface area contributed by atoms with Gasteiger partial charge in [0, 0.05) is 19.7 Å². The fraction of sp³-hybridized carbons (Fsp3) is 0.600. The van der Waals surface area contributed by atoms with Gasteiger partial charge in [-0.05, 0) is 43.5 Å². The lowest BCUT2D eigenvalue weighted by Crippen LogP contribution is -2.23. The van der Waals surface area contributed by atoms with Gasteiger partial charge in [-0.25, -0.2) is 0 Å². The van der Waals surface area contributed by atoms with Crippen molar-refractivity contribution in [1.29, 1.82) is 0 Å². The van der Waals surface area contributed by atoms with Gasteiger partial charge in [0.05, 0.1) is 19.4 Å². The average Bonchev–Trinajstić information content (AvgIpc) is 3.19. The summed E-state index contributed by atoms with van der Waals surface area (Å²) in [6.07, 6.45) is 2.70. The molecule has 1 saturated carbocycles.